The molecule has 2 aromatic carbocycles. The second-order valence-corrected chi connectivity index (χ2v) is 5.48. The molecule has 2 N–H and O–H groups in total. The van der Waals surface area contributed by atoms with Crippen LogP contribution in [0.4, 0.5) is 0 Å². The highest BCUT2D eigenvalue weighted by atomic mass is 16.3. The lowest BCUT2D eigenvalue weighted by molar-refractivity contribution is -0.123. The highest BCUT2D eigenvalue weighted by molar-refractivity contribution is 5.78. The minimum atomic E-state index is -0.776. The quantitative estimate of drug-likeness (QED) is 0.735. The average molecular weight is 309 g/mol. The van der Waals surface area contributed by atoms with Crippen molar-refractivity contribution in [2.24, 2.45) is 0 Å². The lowest BCUT2D eigenvalue weighted by Crippen LogP contribution is -2.27. The number of carbonyl (C=O) groups excluding carboxylic acids is 1. The van der Waals surface area contributed by atoms with Gasteiger partial charge in [0.25, 0.3) is 0 Å². The van der Waals surface area contributed by atoms with E-state index in [1.807, 2.05) is 60.7 Å². The van der Waals surface area contributed by atoms with E-state index in [-0.39, 0.29) is 12.3 Å². The molecule has 1 aromatic heterocycles. The van der Waals surface area contributed by atoms with Gasteiger partial charge in [0.2, 0.25) is 5.91 Å². The van der Waals surface area contributed by atoms with Crippen molar-refractivity contribution < 1.29 is 14.3 Å². The van der Waals surface area contributed by atoms with Crippen LogP contribution in [0.2, 0.25) is 0 Å². The molecule has 0 bridgehead atoms. The van der Waals surface area contributed by atoms with E-state index in [4.69, 9.17) is 4.42 Å². The van der Waals surface area contributed by atoms with Crippen molar-refractivity contribution in [3.05, 3.63) is 72.0 Å². The molecule has 1 atom stereocenters. The van der Waals surface area contributed by atoms with E-state index < -0.39 is 6.10 Å². The number of hydrogen-bond donors (Lipinski definition) is 2. The first-order valence-corrected chi connectivity index (χ1v) is 7.69. The van der Waals surface area contributed by atoms with Crippen LogP contribution in [0.1, 0.15) is 23.8 Å². The fourth-order valence-corrected chi connectivity index (χ4v) is 2.53. The van der Waals surface area contributed by atoms with Crippen molar-refractivity contribution in [2.75, 3.05) is 6.54 Å². The first-order valence-electron chi connectivity index (χ1n) is 7.69. The molecule has 0 spiro atoms. The fourth-order valence-electron chi connectivity index (χ4n) is 2.53. The number of aliphatic hydroxyl groups is 1. The van der Waals surface area contributed by atoms with Crippen LogP contribution in [0.15, 0.2) is 65.1 Å². The standard InChI is InChI=1S/C19H19NO3/c21-17(14-6-2-1-3-7-14)13-19(22)20-11-10-16-12-15-8-4-5-9-18(15)23-16/h1-9,12,17,21H,10-11,13H2,(H,20,22). The highest BCUT2D eigenvalue weighted by Crippen LogP contribution is 2.19. The summed E-state index contributed by atoms with van der Waals surface area (Å²) in [5.74, 6) is 0.674. The van der Waals surface area contributed by atoms with E-state index in [9.17, 15) is 9.90 Å². The maximum Gasteiger partial charge on any atom is 0.222 e. The Morgan fingerprint density at radius 3 is 2.61 bits per heavy atom. The van der Waals surface area contributed by atoms with E-state index in [0.717, 1.165) is 22.3 Å². The lowest BCUT2D eigenvalue weighted by atomic mass is 10.1. The highest BCUT2D eigenvalue weighted by Gasteiger charge is 2.12. The van der Waals surface area contributed by atoms with Gasteiger partial charge in [-0.15, -0.1) is 0 Å². The van der Waals surface area contributed by atoms with E-state index >= 15 is 0 Å². The van der Waals surface area contributed by atoms with Gasteiger partial charge in [0, 0.05) is 18.4 Å². The number of furan rings is 1. The lowest BCUT2D eigenvalue weighted by Gasteiger charge is -2.10. The molecule has 3 rings (SSSR count). The number of fused-ring (bicyclic) bond motifs is 1. The third-order valence-corrected chi connectivity index (χ3v) is 3.73. The zero-order valence-corrected chi connectivity index (χ0v) is 12.7. The minimum absolute atomic E-state index is 0.0597. The molecule has 0 fully saturated rings. The Morgan fingerprint density at radius 1 is 1.09 bits per heavy atom. The smallest absolute Gasteiger partial charge is 0.222 e. The van der Waals surface area contributed by atoms with Crippen LogP contribution in [0, 0.1) is 0 Å². The third kappa shape index (κ3) is 3.99. The van der Waals surface area contributed by atoms with Gasteiger partial charge in [0.05, 0.1) is 12.5 Å². The average Bonchev–Trinajstić information content (AvgIpc) is 2.98. The molecule has 0 radical (unpaired) electrons. The zero-order valence-electron chi connectivity index (χ0n) is 12.7. The summed E-state index contributed by atoms with van der Waals surface area (Å²) in [6.45, 7) is 0.486. The number of nitrogens with one attached hydrogen (secondary N) is 1. The van der Waals surface area contributed by atoms with Crippen LogP contribution in [0.25, 0.3) is 11.0 Å². The van der Waals surface area contributed by atoms with Crippen LogP contribution in [-0.4, -0.2) is 17.6 Å². The third-order valence-electron chi connectivity index (χ3n) is 3.73. The number of amides is 1. The molecule has 1 heterocycles. The molecule has 1 unspecified atom stereocenters. The monoisotopic (exact) mass is 309 g/mol. The molecule has 23 heavy (non-hydrogen) atoms. The van der Waals surface area contributed by atoms with Gasteiger partial charge in [0.1, 0.15) is 11.3 Å². The zero-order chi connectivity index (χ0) is 16.1. The van der Waals surface area contributed by atoms with E-state index in [0.29, 0.717) is 13.0 Å². The molecule has 1 amide bonds. The van der Waals surface area contributed by atoms with Crippen LogP contribution < -0.4 is 5.32 Å². The molecular formula is C19H19NO3. The van der Waals surface area contributed by atoms with Crippen molar-refractivity contribution in [1.82, 2.24) is 5.32 Å². The first-order chi connectivity index (χ1) is 11.2. The summed E-state index contributed by atoms with van der Waals surface area (Å²) in [7, 11) is 0. The SMILES string of the molecule is O=C(CC(O)c1ccccc1)NCCc1cc2ccccc2o1. The Morgan fingerprint density at radius 2 is 1.83 bits per heavy atom. The van der Waals surface area contributed by atoms with Gasteiger partial charge in [-0.25, -0.2) is 0 Å². The molecule has 0 saturated carbocycles. The Labute approximate surface area is 134 Å². The Kier molecular flexibility index (Phi) is 4.74. The topological polar surface area (TPSA) is 62.5 Å². The maximum atomic E-state index is 11.9. The van der Waals surface area contributed by atoms with Gasteiger partial charge in [0.15, 0.2) is 0 Å². The number of rotatable bonds is 6. The van der Waals surface area contributed by atoms with Crippen LogP contribution in [0.5, 0.6) is 0 Å². The van der Waals surface area contributed by atoms with Crippen LogP contribution in [0.3, 0.4) is 0 Å². The molecule has 0 saturated heterocycles. The molecule has 4 heteroatoms. The van der Waals surface area contributed by atoms with Crippen molar-refractivity contribution in [3.63, 3.8) is 0 Å². The summed E-state index contributed by atoms with van der Waals surface area (Å²) in [6.07, 6.45) is -0.0891. The van der Waals surface area contributed by atoms with E-state index in [1.54, 1.807) is 0 Å². The Balaban J connectivity index is 1.47. The van der Waals surface area contributed by atoms with Crippen molar-refractivity contribution in [1.29, 1.82) is 0 Å². The molecule has 3 aromatic rings. The number of carbonyl (C=O) groups is 1. The van der Waals surface area contributed by atoms with Gasteiger partial charge in [-0.1, -0.05) is 48.5 Å². The summed E-state index contributed by atoms with van der Waals surface area (Å²) in [5.41, 5.74) is 1.60. The van der Waals surface area contributed by atoms with Gasteiger partial charge in [-0.3, -0.25) is 4.79 Å². The second-order valence-electron chi connectivity index (χ2n) is 5.48. The largest absolute Gasteiger partial charge is 0.461 e. The normalized spacial score (nSPS) is 12.2. The van der Waals surface area contributed by atoms with E-state index in [2.05, 4.69) is 5.32 Å². The van der Waals surface area contributed by atoms with Gasteiger partial charge >= 0.3 is 0 Å². The summed E-state index contributed by atoms with van der Waals surface area (Å²) >= 11 is 0. The maximum absolute atomic E-state index is 11.9. The van der Waals surface area contributed by atoms with Crippen LogP contribution in [-0.2, 0) is 11.2 Å². The Bertz CT molecular complexity index is 746. The molecule has 0 aliphatic carbocycles. The van der Waals surface area contributed by atoms with Crippen molar-refractivity contribution >= 4 is 16.9 Å². The fraction of sp³-hybridized carbons (Fsp3) is 0.211. The number of para-hydroxylation sites is 1. The van der Waals surface area contributed by atoms with Gasteiger partial charge in [-0.2, -0.15) is 0 Å². The number of benzene rings is 2. The van der Waals surface area contributed by atoms with Crippen molar-refractivity contribution in [2.45, 2.75) is 18.9 Å². The molecule has 0 aliphatic rings. The number of aliphatic hydroxyl groups excluding tert-OH is 1. The summed E-state index contributed by atoms with van der Waals surface area (Å²) in [4.78, 5) is 11.9. The number of hydrogen-bond acceptors (Lipinski definition) is 3. The summed E-state index contributed by atoms with van der Waals surface area (Å²) in [5, 5.41) is 13.9. The molecule has 4 nitrogen and oxygen atoms in total. The predicted octanol–water partition coefficient (Wildman–Crippen LogP) is 3.22. The Hall–Kier alpha value is -2.59. The predicted molar refractivity (Wildman–Crippen MR) is 88.9 cm³/mol. The first kappa shape index (κ1) is 15.3. The summed E-state index contributed by atoms with van der Waals surface area (Å²) in [6, 6.07) is 19.0. The van der Waals surface area contributed by atoms with E-state index in [1.165, 1.54) is 0 Å². The van der Waals surface area contributed by atoms with Crippen molar-refractivity contribution in [3.8, 4) is 0 Å². The second kappa shape index (κ2) is 7.11. The van der Waals surface area contributed by atoms with Gasteiger partial charge < -0.3 is 14.8 Å². The van der Waals surface area contributed by atoms with Crippen LogP contribution >= 0.6 is 0 Å². The molecule has 0 aliphatic heterocycles. The van der Waals surface area contributed by atoms with Gasteiger partial charge in [-0.05, 0) is 17.7 Å². The summed E-state index contributed by atoms with van der Waals surface area (Å²) < 4.78 is 5.70. The molecular weight excluding hydrogens is 290 g/mol. The minimum Gasteiger partial charge on any atom is -0.461 e. The molecule has 118 valence electrons.